The van der Waals surface area contributed by atoms with Crippen LogP contribution in [-0.4, -0.2) is 43.4 Å². The van der Waals surface area contributed by atoms with Crippen molar-refractivity contribution in [2.24, 2.45) is 4.99 Å². The van der Waals surface area contributed by atoms with Gasteiger partial charge >= 0.3 is 0 Å². The summed E-state index contributed by atoms with van der Waals surface area (Å²) in [6.07, 6.45) is 2.94. The van der Waals surface area contributed by atoms with E-state index in [9.17, 15) is 18.0 Å². The number of carbonyl (C=O) groups excluding carboxylic acids is 1. The van der Waals surface area contributed by atoms with Gasteiger partial charge in [-0.1, -0.05) is 36.4 Å². The summed E-state index contributed by atoms with van der Waals surface area (Å²) in [5.74, 6) is -4.45. The molecule has 0 aromatic heterocycles. The molecular weight excluding hydrogens is 381 g/mol. The van der Waals surface area contributed by atoms with Crippen molar-refractivity contribution in [3.63, 3.8) is 0 Å². The summed E-state index contributed by atoms with van der Waals surface area (Å²) in [6.45, 7) is 1.15. The lowest BCUT2D eigenvalue weighted by atomic mass is 10.00. The summed E-state index contributed by atoms with van der Waals surface area (Å²) in [5, 5.41) is 5.12. The Labute approximate surface area is 166 Å². The number of benzene rings is 2. The van der Waals surface area contributed by atoms with Gasteiger partial charge in [0, 0.05) is 20.1 Å². The van der Waals surface area contributed by atoms with Crippen LogP contribution in [0.5, 0.6) is 0 Å². The number of rotatable bonds is 4. The van der Waals surface area contributed by atoms with E-state index in [1.54, 1.807) is 7.05 Å². The number of nitrogens with zero attached hydrogens (tertiary/aromatic N) is 2. The van der Waals surface area contributed by atoms with E-state index >= 15 is 0 Å². The van der Waals surface area contributed by atoms with Crippen LogP contribution >= 0.6 is 0 Å². The normalized spacial score (nSPS) is 14.4. The predicted molar refractivity (Wildman–Crippen MR) is 107 cm³/mol. The van der Waals surface area contributed by atoms with Crippen LogP contribution < -0.4 is 10.6 Å². The van der Waals surface area contributed by atoms with Gasteiger partial charge in [-0.2, -0.15) is 0 Å². The molecule has 29 heavy (non-hydrogen) atoms. The average molecular weight is 402 g/mol. The van der Waals surface area contributed by atoms with E-state index in [0.29, 0.717) is 12.5 Å². The first-order valence-electron chi connectivity index (χ1n) is 9.13. The maximum absolute atomic E-state index is 13.7. The van der Waals surface area contributed by atoms with Crippen LogP contribution in [-0.2, 0) is 4.79 Å². The van der Waals surface area contributed by atoms with Crippen molar-refractivity contribution in [2.45, 2.75) is 6.42 Å². The van der Waals surface area contributed by atoms with E-state index in [2.05, 4.69) is 33.8 Å². The van der Waals surface area contributed by atoms with Crippen LogP contribution in [0, 0.1) is 17.5 Å². The van der Waals surface area contributed by atoms with Gasteiger partial charge in [0.05, 0.1) is 12.2 Å². The molecule has 0 aliphatic carbocycles. The number of nitrogens with one attached hydrogen (secondary N) is 2. The molecule has 3 rings (SSSR count). The first kappa shape index (κ1) is 20.4. The Morgan fingerprint density at radius 1 is 1.10 bits per heavy atom. The number of halogens is 3. The summed E-state index contributed by atoms with van der Waals surface area (Å²) < 4.78 is 39.9. The SMILES string of the molecule is CN=C(NCC(=O)Nc1ccc(F)c(F)c1F)N1CC=C(c2ccccc2)CC1. The Balaban J connectivity index is 1.55. The van der Waals surface area contributed by atoms with Gasteiger partial charge in [0.15, 0.2) is 23.4 Å². The third kappa shape index (κ3) is 4.96. The third-order valence-corrected chi connectivity index (χ3v) is 4.58. The molecule has 1 aliphatic rings. The van der Waals surface area contributed by atoms with Gasteiger partial charge in [0.25, 0.3) is 0 Å². The summed E-state index contributed by atoms with van der Waals surface area (Å²) in [7, 11) is 1.60. The van der Waals surface area contributed by atoms with Crippen molar-refractivity contribution in [1.82, 2.24) is 10.2 Å². The number of aliphatic imine (C=N–C) groups is 1. The summed E-state index contributed by atoms with van der Waals surface area (Å²) in [4.78, 5) is 18.2. The molecule has 5 nitrogen and oxygen atoms in total. The van der Waals surface area contributed by atoms with E-state index in [-0.39, 0.29) is 6.54 Å². The number of anilines is 1. The number of amides is 1. The number of guanidine groups is 1. The van der Waals surface area contributed by atoms with Gasteiger partial charge in [0.1, 0.15) is 0 Å². The number of hydrogen-bond donors (Lipinski definition) is 2. The molecule has 2 aromatic rings. The topological polar surface area (TPSA) is 56.7 Å². The molecule has 0 spiro atoms. The highest BCUT2D eigenvalue weighted by molar-refractivity contribution is 5.95. The number of carbonyl (C=O) groups is 1. The first-order chi connectivity index (χ1) is 14.0. The summed E-state index contributed by atoms with van der Waals surface area (Å²) in [6, 6.07) is 11.8. The molecule has 0 unspecified atom stereocenters. The zero-order valence-corrected chi connectivity index (χ0v) is 15.9. The van der Waals surface area contributed by atoms with Crippen molar-refractivity contribution in [1.29, 1.82) is 0 Å². The largest absolute Gasteiger partial charge is 0.347 e. The smallest absolute Gasteiger partial charge is 0.243 e. The minimum atomic E-state index is -1.62. The minimum Gasteiger partial charge on any atom is -0.347 e. The second-order valence-corrected chi connectivity index (χ2v) is 6.46. The van der Waals surface area contributed by atoms with Crippen molar-refractivity contribution in [3.8, 4) is 0 Å². The fraction of sp³-hybridized carbons (Fsp3) is 0.238. The van der Waals surface area contributed by atoms with Gasteiger partial charge in [-0.15, -0.1) is 0 Å². The molecule has 1 aliphatic heterocycles. The Bertz CT molecular complexity index is 944. The molecule has 152 valence electrons. The molecule has 0 radical (unpaired) electrons. The van der Waals surface area contributed by atoms with Crippen LogP contribution in [0.2, 0.25) is 0 Å². The standard InChI is InChI=1S/C21H21F3N4O/c1-25-21(28-11-9-15(10-12-28)14-5-3-2-4-6-14)26-13-18(29)27-17-8-7-16(22)19(23)20(17)24/h2-9H,10-13H2,1H3,(H,25,26)(H,27,29). The van der Waals surface area contributed by atoms with Crippen molar-refractivity contribution >= 4 is 23.1 Å². The van der Waals surface area contributed by atoms with Crippen molar-refractivity contribution < 1.29 is 18.0 Å². The molecule has 0 saturated carbocycles. The highest BCUT2D eigenvalue weighted by atomic mass is 19.2. The predicted octanol–water partition coefficient (Wildman–Crippen LogP) is 3.41. The second kappa shape index (κ2) is 9.27. The van der Waals surface area contributed by atoms with E-state index in [1.807, 2.05) is 23.1 Å². The van der Waals surface area contributed by atoms with Gasteiger partial charge in [-0.05, 0) is 29.7 Å². The highest BCUT2D eigenvalue weighted by Gasteiger charge is 2.18. The molecule has 0 saturated heterocycles. The average Bonchev–Trinajstić information content (AvgIpc) is 2.75. The van der Waals surface area contributed by atoms with Crippen LogP contribution in [0.3, 0.4) is 0 Å². The van der Waals surface area contributed by atoms with Crippen LogP contribution in [0.4, 0.5) is 18.9 Å². The second-order valence-electron chi connectivity index (χ2n) is 6.46. The lowest BCUT2D eigenvalue weighted by Gasteiger charge is -2.29. The molecule has 2 N–H and O–H groups in total. The Morgan fingerprint density at radius 3 is 2.52 bits per heavy atom. The van der Waals surface area contributed by atoms with Crippen LogP contribution in [0.25, 0.3) is 5.57 Å². The lowest BCUT2D eigenvalue weighted by molar-refractivity contribution is -0.115. The molecule has 1 heterocycles. The highest BCUT2D eigenvalue weighted by Crippen LogP contribution is 2.22. The first-order valence-corrected chi connectivity index (χ1v) is 9.13. The monoisotopic (exact) mass is 402 g/mol. The van der Waals surface area contributed by atoms with E-state index < -0.39 is 29.0 Å². The van der Waals surface area contributed by atoms with Gasteiger partial charge in [-0.25, -0.2) is 13.2 Å². The molecule has 2 aromatic carbocycles. The van der Waals surface area contributed by atoms with E-state index in [0.717, 1.165) is 25.1 Å². The fourth-order valence-electron chi connectivity index (χ4n) is 3.08. The van der Waals surface area contributed by atoms with Gasteiger partial charge in [-0.3, -0.25) is 9.79 Å². The maximum atomic E-state index is 13.7. The Morgan fingerprint density at radius 2 is 1.86 bits per heavy atom. The Kier molecular flexibility index (Phi) is 6.54. The van der Waals surface area contributed by atoms with E-state index in [1.165, 1.54) is 11.1 Å². The fourth-order valence-corrected chi connectivity index (χ4v) is 3.08. The summed E-state index contributed by atoms with van der Waals surface area (Å²) >= 11 is 0. The summed E-state index contributed by atoms with van der Waals surface area (Å²) in [5.41, 5.74) is 2.02. The van der Waals surface area contributed by atoms with Gasteiger partial charge in [0.2, 0.25) is 5.91 Å². The lowest BCUT2D eigenvalue weighted by Crippen LogP contribution is -2.45. The third-order valence-electron chi connectivity index (χ3n) is 4.58. The molecule has 0 fully saturated rings. The van der Waals surface area contributed by atoms with Crippen LogP contribution in [0.1, 0.15) is 12.0 Å². The van der Waals surface area contributed by atoms with E-state index in [4.69, 9.17) is 0 Å². The van der Waals surface area contributed by atoms with Crippen LogP contribution in [0.15, 0.2) is 53.5 Å². The molecule has 8 heteroatoms. The zero-order valence-electron chi connectivity index (χ0n) is 15.9. The number of hydrogen-bond acceptors (Lipinski definition) is 2. The zero-order chi connectivity index (χ0) is 20.8. The van der Waals surface area contributed by atoms with Crippen molar-refractivity contribution in [3.05, 3.63) is 71.6 Å². The van der Waals surface area contributed by atoms with Gasteiger partial charge < -0.3 is 15.5 Å². The quantitative estimate of drug-likeness (QED) is 0.468. The molecule has 0 bridgehead atoms. The minimum absolute atomic E-state index is 0.198. The maximum Gasteiger partial charge on any atom is 0.243 e. The molecule has 0 atom stereocenters. The molecular formula is C21H21F3N4O. The Hall–Kier alpha value is -3.29. The van der Waals surface area contributed by atoms with Crippen molar-refractivity contribution in [2.75, 3.05) is 32.0 Å². The molecule has 1 amide bonds.